The van der Waals surface area contributed by atoms with Crippen LogP contribution in [0.2, 0.25) is 0 Å². The van der Waals surface area contributed by atoms with E-state index in [1.165, 1.54) is 4.90 Å². The maximum atomic E-state index is 12.7. The number of urea groups is 1. The van der Waals surface area contributed by atoms with E-state index in [1.54, 1.807) is 30.1 Å². The smallest absolute Gasteiger partial charge is 0.325 e. The molecule has 0 aromatic carbocycles. The molecule has 4 atom stereocenters. The number of amides is 3. The van der Waals surface area contributed by atoms with Crippen molar-refractivity contribution in [2.24, 2.45) is 4.99 Å². The summed E-state index contributed by atoms with van der Waals surface area (Å²) in [4.78, 5) is 35.4. The van der Waals surface area contributed by atoms with Gasteiger partial charge in [0.05, 0.1) is 12.2 Å². The molecule has 0 bridgehead atoms. The number of hydrogen-bond donors (Lipinski definition) is 1. The minimum atomic E-state index is -0.509. The summed E-state index contributed by atoms with van der Waals surface area (Å²) in [5, 5.41) is 11.6. The van der Waals surface area contributed by atoms with Gasteiger partial charge in [-0.3, -0.25) is 10.1 Å². The van der Waals surface area contributed by atoms with Crippen LogP contribution < -0.4 is 5.32 Å². The molecule has 4 unspecified atom stereocenters. The summed E-state index contributed by atoms with van der Waals surface area (Å²) in [7, 11) is 1.68. The standard InChI is InChI=1S/C18H27N7O3S2/c1-10-8-24(9-11(2)28-10)16-19-14-13(15(26)20-17(27)23(14)4)25(16)6-5-7-29-18-22-21-12(3)30-18/h10-11,13-14H,5-9H2,1-4H3,(H,20,26,27). The third-order valence-electron chi connectivity index (χ3n) is 5.32. The average molecular weight is 454 g/mol. The van der Waals surface area contributed by atoms with Gasteiger partial charge in [0, 0.05) is 32.4 Å². The zero-order valence-corrected chi connectivity index (χ0v) is 19.2. The van der Waals surface area contributed by atoms with E-state index in [9.17, 15) is 9.59 Å². The van der Waals surface area contributed by atoms with Crippen LogP contribution in [-0.4, -0.2) is 99.6 Å². The zero-order valence-electron chi connectivity index (χ0n) is 17.6. The Bertz CT molecular complexity index is 838. The highest BCUT2D eigenvalue weighted by atomic mass is 32.2. The number of carbonyl (C=O) groups excluding carboxylic acids is 2. The van der Waals surface area contributed by atoms with Crippen molar-refractivity contribution in [3.05, 3.63) is 5.01 Å². The number of nitrogens with zero attached hydrogens (tertiary/aromatic N) is 6. The Balaban J connectivity index is 1.49. The highest BCUT2D eigenvalue weighted by molar-refractivity contribution is 8.01. The first-order valence-corrected chi connectivity index (χ1v) is 11.9. The van der Waals surface area contributed by atoms with Crippen LogP contribution in [-0.2, 0) is 9.53 Å². The lowest BCUT2D eigenvalue weighted by atomic mass is 10.1. The van der Waals surface area contributed by atoms with E-state index in [0.29, 0.717) is 19.6 Å². The summed E-state index contributed by atoms with van der Waals surface area (Å²) in [6.07, 6.45) is 0.496. The van der Waals surface area contributed by atoms with Gasteiger partial charge < -0.3 is 19.4 Å². The Morgan fingerprint density at radius 2 is 1.97 bits per heavy atom. The van der Waals surface area contributed by atoms with E-state index in [0.717, 1.165) is 27.5 Å². The van der Waals surface area contributed by atoms with Gasteiger partial charge in [0.2, 0.25) is 0 Å². The number of likely N-dealkylation sites (N-methyl/N-ethyl adjacent to an activating group) is 1. The summed E-state index contributed by atoms with van der Waals surface area (Å²) in [6, 6.07) is -0.915. The molecule has 12 heteroatoms. The predicted octanol–water partition coefficient (Wildman–Crippen LogP) is 0.986. The normalized spacial score (nSPS) is 29.2. The fourth-order valence-electron chi connectivity index (χ4n) is 4.09. The van der Waals surface area contributed by atoms with Crippen molar-refractivity contribution in [3.63, 3.8) is 0 Å². The number of carbonyl (C=O) groups is 2. The minimum absolute atomic E-state index is 0.0744. The number of aromatic nitrogens is 2. The van der Waals surface area contributed by atoms with Crippen LogP contribution in [0.5, 0.6) is 0 Å². The minimum Gasteiger partial charge on any atom is -0.372 e. The fourth-order valence-corrected chi connectivity index (χ4v) is 5.90. The number of ether oxygens (including phenoxy) is 1. The lowest BCUT2D eigenvalue weighted by Crippen LogP contribution is -2.64. The van der Waals surface area contributed by atoms with Gasteiger partial charge in [0.15, 0.2) is 22.5 Å². The average Bonchev–Trinajstić information content (AvgIpc) is 3.26. The SMILES string of the molecule is Cc1nnc(SCCCN2C(N3CC(C)OC(C)C3)=NC3C2C(=O)NC(=O)N3C)s1. The molecule has 1 aromatic rings. The van der Waals surface area contributed by atoms with Crippen molar-refractivity contribution in [1.29, 1.82) is 0 Å². The first-order chi connectivity index (χ1) is 14.3. The molecule has 0 spiro atoms. The number of fused-ring (bicyclic) bond motifs is 1. The van der Waals surface area contributed by atoms with Crippen molar-refractivity contribution in [2.45, 2.75) is 55.9 Å². The summed E-state index contributed by atoms with van der Waals surface area (Å²) in [5.41, 5.74) is 0. The Labute approximate surface area is 184 Å². The molecule has 1 N–H and O–H groups in total. The number of aliphatic imine (C=N–C) groups is 1. The number of nitrogens with one attached hydrogen (secondary N) is 1. The van der Waals surface area contributed by atoms with Gasteiger partial charge in [-0.05, 0) is 27.2 Å². The molecule has 2 fully saturated rings. The second kappa shape index (κ2) is 8.67. The fraction of sp³-hybridized carbons (Fsp3) is 0.722. The Hall–Kier alpha value is -1.92. The lowest BCUT2D eigenvalue weighted by Gasteiger charge is -2.41. The van der Waals surface area contributed by atoms with E-state index in [4.69, 9.17) is 9.73 Å². The molecule has 4 rings (SSSR count). The van der Waals surface area contributed by atoms with Crippen LogP contribution in [0.15, 0.2) is 9.33 Å². The number of morpholine rings is 1. The number of hydrogen-bond acceptors (Lipinski definition) is 10. The summed E-state index contributed by atoms with van der Waals surface area (Å²) in [6.45, 7) is 8.10. The first-order valence-electron chi connectivity index (χ1n) is 10.1. The van der Waals surface area contributed by atoms with Gasteiger partial charge in [-0.15, -0.1) is 10.2 Å². The number of rotatable bonds is 5. The van der Waals surface area contributed by atoms with Crippen LogP contribution in [0.1, 0.15) is 25.3 Å². The molecule has 3 amide bonds. The van der Waals surface area contributed by atoms with Crippen LogP contribution >= 0.6 is 23.1 Å². The largest absolute Gasteiger partial charge is 0.372 e. The number of thioether (sulfide) groups is 1. The Morgan fingerprint density at radius 3 is 2.63 bits per heavy atom. The second-order valence-electron chi connectivity index (χ2n) is 7.84. The third kappa shape index (κ3) is 4.26. The molecule has 2 saturated heterocycles. The van der Waals surface area contributed by atoms with Gasteiger partial charge in [0.25, 0.3) is 5.91 Å². The molecule has 0 radical (unpaired) electrons. The van der Waals surface area contributed by atoms with Crippen LogP contribution in [0, 0.1) is 6.92 Å². The first kappa shape index (κ1) is 21.3. The van der Waals surface area contributed by atoms with Crippen molar-refractivity contribution in [1.82, 2.24) is 30.2 Å². The summed E-state index contributed by atoms with van der Waals surface area (Å²) in [5.74, 6) is 1.35. The van der Waals surface area contributed by atoms with E-state index >= 15 is 0 Å². The molecular weight excluding hydrogens is 426 g/mol. The van der Waals surface area contributed by atoms with E-state index in [-0.39, 0.29) is 18.1 Å². The van der Waals surface area contributed by atoms with Gasteiger partial charge in [-0.2, -0.15) is 0 Å². The molecule has 0 saturated carbocycles. The molecule has 1 aromatic heterocycles. The Kier molecular flexibility index (Phi) is 6.16. The lowest BCUT2D eigenvalue weighted by molar-refractivity contribution is -0.127. The molecule has 30 heavy (non-hydrogen) atoms. The predicted molar refractivity (Wildman–Crippen MR) is 115 cm³/mol. The topological polar surface area (TPSA) is 103 Å². The van der Waals surface area contributed by atoms with Crippen LogP contribution in [0.4, 0.5) is 4.79 Å². The molecule has 3 aliphatic rings. The molecule has 164 valence electrons. The summed E-state index contributed by atoms with van der Waals surface area (Å²) < 4.78 is 6.82. The molecule has 3 aliphatic heterocycles. The quantitative estimate of drug-likeness (QED) is 0.520. The van der Waals surface area contributed by atoms with E-state index in [2.05, 4.69) is 25.3 Å². The summed E-state index contributed by atoms with van der Waals surface area (Å²) >= 11 is 3.26. The maximum absolute atomic E-state index is 12.7. The van der Waals surface area contributed by atoms with Crippen LogP contribution in [0.25, 0.3) is 0 Å². The molecular formula is C18H27N7O3S2. The molecule has 4 heterocycles. The highest BCUT2D eigenvalue weighted by Gasteiger charge is 2.49. The number of aryl methyl sites for hydroxylation is 1. The monoisotopic (exact) mass is 453 g/mol. The van der Waals surface area contributed by atoms with E-state index in [1.807, 2.05) is 20.8 Å². The van der Waals surface area contributed by atoms with Gasteiger partial charge >= 0.3 is 6.03 Å². The van der Waals surface area contributed by atoms with Crippen molar-refractivity contribution in [3.8, 4) is 0 Å². The van der Waals surface area contributed by atoms with Gasteiger partial charge in [-0.25, -0.2) is 9.79 Å². The van der Waals surface area contributed by atoms with E-state index < -0.39 is 18.2 Å². The highest BCUT2D eigenvalue weighted by Crippen LogP contribution is 2.28. The van der Waals surface area contributed by atoms with Gasteiger partial charge in [-0.1, -0.05) is 23.1 Å². The molecule has 10 nitrogen and oxygen atoms in total. The van der Waals surface area contributed by atoms with Gasteiger partial charge in [0.1, 0.15) is 5.01 Å². The third-order valence-corrected chi connectivity index (χ3v) is 7.38. The van der Waals surface area contributed by atoms with Crippen LogP contribution in [0.3, 0.4) is 0 Å². The zero-order chi connectivity index (χ0) is 21.4. The molecule has 0 aliphatic carbocycles. The van der Waals surface area contributed by atoms with Crippen molar-refractivity contribution < 1.29 is 14.3 Å². The number of guanidine groups is 1. The van der Waals surface area contributed by atoms with Crippen molar-refractivity contribution in [2.75, 3.05) is 32.4 Å². The number of imide groups is 1. The maximum Gasteiger partial charge on any atom is 0.325 e. The van der Waals surface area contributed by atoms with Crippen molar-refractivity contribution >= 4 is 41.0 Å². The second-order valence-corrected chi connectivity index (χ2v) is 10.4. The Morgan fingerprint density at radius 1 is 1.23 bits per heavy atom.